The van der Waals surface area contributed by atoms with E-state index in [0.29, 0.717) is 6.61 Å². The first kappa shape index (κ1) is 19.4. The van der Waals surface area contributed by atoms with Crippen LogP contribution in [0.1, 0.15) is 12.5 Å². The van der Waals surface area contributed by atoms with Crippen LogP contribution in [0.2, 0.25) is 0 Å². The van der Waals surface area contributed by atoms with E-state index in [4.69, 9.17) is 9.47 Å². The van der Waals surface area contributed by atoms with Crippen LogP contribution in [0.15, 0.2) is 54.6 Å². The van der Waals surface area contributed by atoms with E-state index in [2.05, 4.69) is 5.32 Å². The van der Waals surface area contributed by atoms with Crippen molar-refractivity contribution in [3.8, 4) is 11.5 Å². The second-order valence-corrected chi connectivity index (χ2v) is 5.22. The third kappa shape index (κ3) is 6.51. The van der Waals surface area contributed by atoms with Crippen LogP contribution in [-0.4, -0.2) is 25.3 Å². The standard InChI is InChI=1S/C19H18F3NO3/c1-2-25-15-10-7-14(8-11-15)9-12-18(24)23-16-5-3-4-6-17(16)26-13-19(20,21)22/h3-12H,2,13H2,1H3,(H,23,24)/b12-9+. The van der Waals surface area contributed by atoms with Gasteiger partial charge in [0.1, 0.15) is 11.5 Å². The van der Waals surface area contributed by atoms with Gasteiger partial charge in [-0.05, 0) is 42.8 Å². The number of alkyl halides is 3. The molecule has 0 heterocycles. The van der Waals surface area contributed by atoms with Crippen LogP contribution in [0.5, 0.6) is 11.5 Å². The van der Waals surface area contributed by atoms with E-state index >= 15 is 0 Å². The van der Waals surface area contributed by atoms with Crippen molar-refractivity contribution >= 4 is 17.7 Å². The van der Waals surface area contributed by atoms with Crippen molar-refractivity contribution in [2.24, 2.45) is 0 Å². The molecular formula is C19H18F3NO3. The Morgan fingerprint density at radius 3 is 2.42 bits per heavy atom. The van der Waals surface area contributed by atoms with E-state index in [1.54, 1.807) is 36.4 Å². The maximum absolute atomic E-state index is 12.3. The fraction of sp³-hybridized carbons (Fsp3) is 0.211. The quantitative estimate of drug-likeness (QED) is 0.725. The summed E-state index contributed by atoms with van der Waals surface area (Å²) in [6, 6.07) is 13.1. The van der Waals surface area contributed by atoms with Crippen molar-refractivity contribution in [3.05, 3.63) is 60.2 Å². The van der Waals surface area contributed by atoms with Gasteiger partial charge in [0.25, 0.3) is 0 Å². The van der Waals surface area contributed by atoms with Crippen LogP contribution >= 0.6 is 0 Å². The molecule has 0 saturated carbocycles. The normalized spacial score (nSPS) is 11.4. The monoisotopic (exact) mass is 365 g/mol. The molecule has 4 nitrogen and oxygen atoms in total. The zero-order chi connectivity index (χ0) is 19.0. The molecule has 26 heavy (non-hydrogen) atoms. The number of rotatable bonds is 7. The predicted molar refractivity (Wildman–Crippen MR) is 93.3 cm³/mol. The lowest BCUT2D eigenvalue weighted by Crippen LogP contribution is -2.20. The number of amides is 1. The van der Waals surface area contributed by atoms with E-state index in [9.17, 15) is 18.0 Å². The highest BCUT2D eigenvalue weighted by molar-refractivity contribution is 6.02. The molecule has 0 radical (unpaired) electrons. The highest BCUT2D eigenvalue weighted by atomic mass is 19.4. The molecule has 0 aromatic heterocycles. The van der Waals surface area contributed by atoms with Crippen molar-refractivity contribution in [1.29, 1.82) is 0 Å². The Kier molecular flexibility index (Phi) is 6.66. The highest BCUT2D eigenvalue weighted by Gasteiger charge is 2.28. The number of halogens is 3. The molecule has 0 atom stereocenters. The zero-order valence-corrected chi connectivity index (χ0v) is 14.0. The maximum atomic E-state index is 12.3. The first-order chi connectivity index (χ1) is 12.4. The lowest BCUT2D eigenvalue weighted by molar-refractivity contribution is -0.153. The molecule has 2 aromatic rings. The summed E-state index contributed by atoms with van der Waals surface area (Å²) < 4.78 is 46.9. The van der Waals surface area contributed by atoms with Gasteiger partial charge in [0.05, 0.1) is 12.3 Å². The topological polar surface area (TPSA) is 47.6 Å². The van der Waals surface area contributed by atoms with Gasteiger partial charge in [-0.3, -0.25) is 4.79 Å². The Bertz CT molecular complexity index is 755. The highest BCUT2D eigenvalue weighted by Crippen LogP contribution is 2.26. The van der Waals surface area contributed by atoms with Gasteiger partial charge < -0.3 is 14.8 Å². The summed E-state index contributed by atoms with van der Waals surface area (Å²) >= 11 is 0. The Hall–Kier alpha value is -2.96. The van der Waals surface area contributed by atoms with E-state index in [1.165, 1.54) is 24.3 Å². The van der Waals surface area contributed by atoms with E-state index < -0.39 is 18.7 Å². The van der Waals surface area contributed by atoms with Crippen molar-refractivity contribution < 1.29 is 27.4 Å². The summed E-state index contributed by atoms with van der Waals surface area (Å²) in [6.07, 6.45) is -1.58. The van der Waals surface area contributed by atoms with Crippen LogP contribution in [0.3, 0.4) is 0 Å². The van der Waals surface area contributed by atoms with Gasteiger partial charge in [0.15, 0.2) is 6.61 Å². The molecule has 0 bridgehead atoms. The minimum absolute atomic E-state index is 0.0485. The fourth-order valence-electron chi connectivity index (χ4n) is 2.04. The number of para-hydroxylation sites is 2. The van der Waals surface area contributed by atoms with Crippen molar-refractivity contribution in [2.45, 2.75) is 13.1 Å². The number of carbonyl (C=O) groups excluding carboxylic acids is 1. The van der Waals surface area contributed by atoms with Gasteiger partial charge in [-0.25, -0.2) is 0 Å². The number of nitrogens with one attached hydrogen (secondary N) is 1. The zero-order valence-electron chi connectivity index (χ0n) is 14.0. The lowest BCUT2D eigenvalue weighted by atomic mass is 10.2. The summed E-state index contributed by atoms with van der Waals surface area (Å²) in [5.74, 6) is 0.194. The van der Waals surface area contributed by atoms with Crippen LogP contribution < -0.4 is 14.8 Å². The first-order valence-electron chi connectivity index (χ1n) is 7.88. The average Bonchev–Trinajstić information content (AvgIpc) is 2.60. The molecule has 0 spiro atoms. The van der Waals surface area contributed by atoms with Gasteiger partial charge in [0, 0.05) is 6.08 Å². The molecular weight excluding hydrogens is 347 g/mol. The number of hydrogen-bond donors (Lipinski definition) is 1. The number of anilines is 1. The number of benzene rings is 2. The molecule has 0 aliphatic heterocycles. The van der Waals surface area contributed by atoms with Crippen molar-refractivity contribution in [1.82, 2.24) is 0 Å². The molecule has 0 fully saturated rings. The SMILES string of the molecule is CCOc1ccc(/C=C/C(=O)Nc2ccccc2OCC(F)(F)F)cc1. The fourth-order valence-corrected chi connectivity index (χ4v) is 2.04. The molecule has 0 unspecified atom stereocenters. The molecule has 1 N–H and O–H groups in total. The number of ether oxygens (including phenoxy) is 2. The second-order valence-electron chi connectivity index (χ2n) is 5.22. The molecule has 0 aliphatic rings. The van der Waals surface area contributed by atoms with Crippen molar-refractivity contribution in [2.75, 3.05) is 18.5 Å². The predicted octanol–water partition coefficient (Wildman–Crippen LogP) is 4.68. The Morgan fingerprint density at radius 2 is 1.77 bits per heavy atom. The van der Waals surface area contributed by atoms with Gasteiger partial charge in [0.2, 0.25) is 5.91 Å². The third-order valence-electron chi connectivity index (χ3n) is 3.15. The molecule has 1 amide bonds. The van der Waals surface area contributed by atoms with Gasteiger partial charge in [-0.15, -0.1) is 0 Å². The maximum Gasteiger partial charge on any atom is 0.422 e. The minimum atomic E-state index is -4.45. The van der Waals surface area contributed by atoms with Crippen LogP contribution in [0, 0.1) is 0 Å². The molecule has 138 valence electrons. The van der Waals surface area contributed by atoms with Gasteiger partial charge >= 0.3 is 6.18 Å². The van der Waals surface area contributed by atoms with E-state index in [1.807, 2.05) is 6.92 Å². The molecule has 2 rings (SSSR count). The summed E-state index contributed by atoms with van der Waals surface area (Å²) in [6.45, 7) is 1.02. The van der Waals surface area contributed by atoms with Crippen LogP contribution in [-0.2, 0) is 4.79 Å². The minimum Gasteiger partial charge on any atom is -0.494 e. The molecule has 2 aromatic carbocycles. The van der Waals surface area contributed by atoms with Crippen LogP contribution in [0.4, 0.5) is 18.9 Å². The Balaban J connectivity index is 1.99. The van der Waals surface area contributed by atoms with Crippen LogP contribution in [0.25, 0.3) is 6.08 Å². The lowest BCUT2D eigenvalue weighted by Gasteiger charge is -2.13. The average molecular weight is 365 g/mol. The van der Waals surface area contributed by atoms with E-state index in [0.717, 1.165) is 11.3 Å². The summed E-state index contributed by atoms with van der Waals surface area (Å²) in [5, 5.41) is 2.51. The smallest absolute Gasteiger partial charge is 0.422 e. The van der Waals surface area contributed by atoms with Gasteiger partial charge in [-0.2, -0.15) is 13.2 Å². The second kappa shape index (κ2) is 8.94. The summed E-state index contributed by atoms with van der Waals surface area (Å²) in [7, 11) is 0. The molecule has 7 heteroatoms. The van der Waals surface area contributed by atoms with Crippen molar-refractivity contribution in [3.63, 3.8) is 0 Å². The number of carbonyl (C=O) groups is 1. The largest absolute Gasteiger partial charge is 0.494 e. The first-order valence-corrected chi connectivity index (χ1v) is 7.88. The Labute approximate surface area is 149 Å². The molecule has 0 aliphatic carbocycles. The van der Waals surface area contributed by atoms with E-state index in [-0.39, 0.29) is 11.4 Å². The summed E-state index contributed by atoms with van der Waals surface area (Å²) in [4.78, 5) is 12.0. The Morgan fingerprint density at radius 1 is 1.08 bits per heavy atom. The summed E-state index contributed by atoms with van der Waals surface area (Å²) in [5.41, 5.74) is 0.948. The third-order valence-corrected chi connectivity index (χ3v) is 3.15. The molecule has 0 saturated heterocycles. The van der Waals surface area contributed by atoms with Gasteiger partial charge in [-0.1, -0.05) is 24.3 Å². The number of hydrogen-bond acceptors (Lipinski definition) is 3.